The third kappa shape index (κ3) is 2.27. The van der Waals surface area contributed by atoms with E-state index in [1.54, 1.807) is 12.2 Å². The highest BCUT2D eigenvalue weighted by Gasteiger charge is 2.68. The number of rotatable bonds is 2. The topological polar surface area (TPSA) is 91.7 Å². The van der Waals surface area contributed by atoms with E-state index in [9.17, 15) is 24.6 Å². The number of ketones is 3. The fourth-order valence-corrected chi connectivity index (χ4v) is 6.99. The van der Waals surface area contributed by atoms with Gasteiger partial charge in [-0.05, 0) is 56.1 Å². The number of hydrogen-bond acceptors (Lipinski definition) is 5. The standard InChI is InChI=1S/C22H28O5/c1-12(23)19(26)22(27)9-7-16-15-5-4-13-10-14(24)6-8-20(13,2)18(15)17(25)11-21(16,22)3/h6,8,10,15-18,25,27H,4-5,7,9,11H2,1-3H3/t15-,16-,17-,18+,20-,21-,22-/m0/s1. The molecule has 0 spiro atoms. The second-order valence-electron chi connectivity index (χ2n) is 9.50. The van der Waals surface area contributed by atoms with E-state index in [-0.39, 0.29) is 35.4 Å². The molecule has 146 valence electrons. The Morgan fingerprint density at radius 2 is 1.93 bits per heavy atom. The van der Waals surface area contributed by atoms with Gasteiger partial charge in [0, 0.05) is 23.7 Å². The highest BCUT2D eigenvalue weighted by Crippen LogP contribution is 2.67. The molecular weight excluding hydrogens is 344 g/mol. The zero-order chi connectivity index (χ0) is 19.8. The number of hydrogen-bond donors (Lipinski definition) is 2. The molecule has 2 N–H and O–H groups in total. The van der Waals surface area contributed by atoms with Gasteiger partial charge in [0.1, 0.15) is 5.60 Å². The van der Waals surface area contributed by atoms with Gasteiger partial charge in [-0.15, -0.1) is 0 Å². The van der Waals surface area contributed by atoms with Crippen molar-refractivity contribution in [1.82, 2.24) is 0 Å². The lowest BCUT2D eigenvalue weighted by Gasteiger charge is -2.59. The van der Waals surface area contributed by atoms with Crippen molar-refractivity contribution in [3.63, 3.8) is 0 Å². The van der Waals surface area contributed by atoms with E-state index in [0.29, 0.717) is 12.8 Å². The average molecular weight is 372 g/mol. The second kappa shape index (κ2) is 5.71. The summed E-state index contributed by atoms with van der Waals surface area (Å²) in [5.74, 6) is -1.17. The molecule has 0 aromatic heterocycles. The van der Waals surface area contributed by atoms with E-state index in [2.05, 4.69) is 6.92 Å². The van der Waals surface area contributed by atoms with E-state index in [1.807, 2.05) is 13.0 Å². The van der Waals surface area contributed by atoms with E-state index >= 15 is 0 Å². The average Bonchev–Trinajstić information content (AvgIpc) is 2.86. The van der Waals surface area contributed by atoms with Crippen molar-refractivity contribution in [3.05, 3.63) is 23.8 Å². The molecule has 5 nitrogen and oxygen atoms in total. The van der Waals surface area contributed by atoms with E-state index in [1.165, 1.54) is 6.92 Å². The van der Waals surface area contributed by atoms with Gasteiger partial charge in [-0.3, -0.25) is 14.4 Å². The quantitative estimate of drug-likeness (QED) is 0.725. The first-order valence-electron chi connectivity index (χ1n) is 9.94. The van der Waals surface area contributed by atoms with Crippen LogP contribution >= 0.6 is 0 Å². The summed E-state index contributed by atoms with van der Waals surface area (Å²) in [6, 6.07) is 0. The molecule has 0 bridgehead atoms. The fourth-order valence-electron chi connectivity index (χ4n) is 6.99. The van der Waals surface area contributed by atoms with Gasteiger partial charge in [-0.2, -0.15) is 0 Å². The molecule has 0 aromatic rings. The third-order valence-corrected chi connectivity index (χ3v) is 8.34. The van der Waals surface area contributed by atoms with Crippen LogP contribution in [0.5, 0.6) is 0 Å². The van der Waals surface area contributed by atoms with Crippen LogP contribution in [-0.4, -0.2) is 39.3 Å². The molecule has 0 aliphatic heterocycles. The molecule has 7 atom stereocenters. The highest BCUT2D eigenvalue weighted by molar-refractivity contribution is 6.39. The van der Waals surface area contributed by atoms with Gasteiger partial charge in [0.05, 0.1) is 6.10 Å². The Balaban J connectivity index is 1.75. The molecule has 3 fully saturated rings. The van der Waals surface area contributed by atoms with Crippen molar-refractivity contribution in [2.75, 3.05) is 0 Å². The Labute approximate surface area is 159 Å². The van der Waals surface area contributed by atoms with Crippen LogP contribution in [0.3, 0.4) is 0 Å². The molecule has 27 heavy (non-hydrogen) atoms. The molecule has 0 saturated heterocycles. The number of carbonyl (C=O) groups is 3. The third-order valence-electron chi connectivity index (χ3n) is 8.34. The van der Waals surface area contributed by atoms with Crippen LogP contribution in [0.4, 0.5) is 0 Å². The summed E-state index contributed by atoms with van der Waals surface area (Å²) in [6.07, 6.45) is 7.40. The molecule has 4 rings (SSSR count). The zero-order valence-corrected chi connectivity index (χ0v) is 16.2. The summed E-state index contributed by atoms with van der Waals surface area (Å²) < 4.78 is 0. The van der Waals surface area contributed by atoms with Gasteiger partial charge in [0.15, 0.2) is 11.6 Å². The van der Waals surface area contributed by atoms with Crippen molar-refractivity contribution >= 4 is 17.3 Å². The first-order chi connectivity index (χ1) is 12.5. The number of aliphatic hydroxyl groups is 2. The van der Waals surface area contributed by atoms with Crippen molar-refractivity contribution in [3.8, 4) is 0 Å². The molecule has 0 radical (unpaired) electrons. The molecule has 0 heterocycles. The van der Waals surface area contributed by atoms with Crippen LogP contribution < -0.4 is 0 Å². The lowest BCUT2D eigenvalue weighted by atomic mass is 9.46. The van der Waals surface area contributed by atoms with Gasteiger partial charge in [-0.25, -0.2) is 0 Å². The maximum absolute atomic E-state index is 12.6. The number of fused-ring (bicyclic) bond motifs is 5. The fraction of sp³-hybridized carbons (Fsp3) is 0.682. The van der Waals surface area contributed by atoms with Gasteiger partial charge >= 0.3 is 0 Å². The van der Waals surface area contributed by atoms with Gasteiger partial charge in [-0.1, -0.05) is 25.5 Å². The molecule has 3 saturated carbocycles. The number of carbonyl (C=O) groups excluding carboxylic acids is 3. The summed E-state index contributed by atoms with van der Waals surface area (Å²) in [6.45, 7) is 5.17. The van der Waals surface area contributed by atoms with E-state index in [0.717, 1.165) is 18.4 Å². The Morgan fingerprint density at radius 1 is 1.22 bits per heavy atom. The minimum atomic E-state index is -1.69. The van der Waals surface area contributed by atoms with Crippen LogP contribution in [0.25, 0.3) is 0 Å². The summed E-state index contributed by atoms with van der Waals surface area (Å²) in [4.78, 5) is 36.2. The van der Waals surface area contributed by atoms with Crippen molar-refractivity contribution in [2.45, 2.75) is 64.6 Å². The molecule has 4 aliphatic carbocycles. The predicted octanol–water partition coefficient (Wildman–Crippen LogP) is 2.15. The van der Waals surface area contributed by atoms with Gasteiger partial charge in [0.25, 0.3) is 0 Å². The minimum absolute atomic E-state index is 0.00152. The predicted molar refractivity (Wildman–Crippen MR) is 98.6 cm³/mol. The lowest BCUT2D eigenvalue weighted by molar-refractivity contribution is -0.178. The number of allylic oxidation sites excluding steroid dienone is 4. The highest BCUT2D eigenvalue weighted by atomic mass is 16.3. The largest absolute Gasteiger partial charge is 0.393 e. The molecule has 0 amide bonds. The molecular formula is C22H28O5. The lowest BCUT2D eigenvalue weighted by Crippen LogP contribution is -2.62. The smallest absolute Gasteiger partial charge is 0.230 e. The van der Waals surface area contributed by atoms with Gasteiger partial charge < -0.3 is 10.2 Å². The summed E-state index contributed by atoms with van der Waals surface area (Å²) in [5, 5.41) is 22.5. The first kappa shape index (κ1) is 18.8. The maximum Gasteiger partial charge on any atom is 0.230 e. The van der Waals surface area contributed by atoms with Crippen LogP contribution in [-0.2, 0) is 14.4 Å². The van der Waals surface area contributed by atoms with E-state index in [4.69, 9.17) is 0 Å². The van der Waals surface area contributed by atoms with Crippen molar-refractivity contribution in [1.29, 1.82) is 0 Å². The Hall–Kier alpha value is -1.59. The molecule has 4 aliphatic rings. The molecule has 0 aromatic carbocycles. The van der Waals surface area contributed by atoms with Crippen molar-refractivity contribution < 1.29 is 24.6 Å². The summed E-state index contributed by atoms with van der Waals surface area (Å²) in [7, 11) is 0. The van der Waals surface area contributed by atoms with Gasteiger partial charge in [0.2, 0.25) is 5.78 Å². The zero-order valence-electron chi connectivity index (χ0n) is 16.2. The Kier molecular flexibility index (Phi) is 3.97. The summed E-state index contributed by atoms with van der Waals surface area (Å²) in [5.41, 5.74) is -1.79. The monoisotopic (exact) mass is 372 g/mol. The van der Waals surface area contributed by atoms with E-state index < -0.39 is 28.7 Å². The Morgan fingerprint density at radius 3 is 2.59 bits per heavy atom. The minimum Gasteiger partial charge on any atom is -0.393 e. The second-order valence-corrected chi connectivity index (χ2v) is 9.50. The van der Waals surface area contributed by atoms with Crippen LogP contribution in [0, 0.1) is 28.6 Å². The molecule has 0 unspecified atom stereocenters. The summed E-state index contributed by atoms with van der Waals surface area (Å²) >= 11 is 0. The SMILES string of the molecule is CC(=O)C(=O)[C@@]1(O)CC[C@H]2[C@@H]3CCC4=CC(=O)C=C[C@]4(C)[C@H]3[C@@H](O)C[C@@]21C. The molecule has 5 heteroatoms. The first-order valence-corrected chi connectivity index (χ1v) is 9.94. The van der Waals surface area contributed by atoms with Crippen molar-refractivity contribution in [2.24, 2.45) is 28.6 Å². The number of aliphatic hydroxyl groups excluding tert-OH is 1. The number of Topliss-reactive ketones (excluding diaryl/α,β-unsaturated/α-hetero) is 2. The van der Waals surface area contributed by atoms with Crippen LogP contribution in [0.1, 0.15) is 52.9 Å². The maximum atomic E-state index is 12.6. The van der Waals surface area contributed by atoms with Crippen LogP contribution in [0.2, 0.25) is 0 Å². The normalized spacial score (nSPS) is 48.3. The Bertz CT molecular complexity index is 795. The van der Waals surface area contributed by atoms with Crippen LogP contribution in [0.15, 0.2) is 23.8 Å².